The molecule has 0 spiro atoms. The second-order valence-electron chi connectivity index (χ2n) is 11.2. The summed E-state index contributed by atoms with van der Waals surface area (Å²) in [6.45, 7) is 14.9. The highest BCUT2D eigenvalue weighted by atomic mass is 19.1. The molecule has 206 valence electrons. The van der Waals surface area contributed by atoms with Crippen LogP contribution < -0.4 is 9.80 Å². The Morgan fingerprint density at radius 3 is 1.95 bits per heavy atom. The first-order valence-corrected chi connectivity index (χ1v) is 14.1. The predicted octanol–water partition coefficient (Wildman–Crippen LogP) is 5.24. The summed E-state index contributed by atoms with van der Waals surface area (Å²) in [4.78, 5) is 31.5. The molecule has 2 aromatic carbocycles. The Hall–Kier alpha value is -3.09. The van der Waals surface area contributed by atoms with Crippen LogP contribution in [-0.2, 0) is 9.59 Å². The first kappa shape index (κ1) is 27.9. The number of piperazine rings is 2. The number of rotatable bonds is 7. The molecule has 2 aliphatic heterocycles. The summed E-state index contributed by atoms with van der Waals surface area (Å²) in [6, 6.07) is 14.8. The molecule has 2 saturated heterocycles. The molecule has 0 N–H and O–H groups in total. The Labute approximate surface area is 227 Å². The lowest BCUT2D eigenvalue weighted by Crippen LogP contribution is -2.53. The van der Waals surface area contributed by atoms with Gasteiger partial charge in [0.2, 0.25) is 11.8 Å². The van der Waals surface area contributed by atoms with Crippen molar-refractivity contribution in [2.75, 3.05) is 55.6 Å². The van der Waals surface area contributed by atoms with Crippen molar-refractivity contribution in [2.24, 2.45) is 0 Å². The van der Waals surface area contributed by atoms with Gasteiger partial charge in [0.25, 0.3) is 0 Å². The van der Waals surface area contributed by atoms with Crippen LogP contribution in [0.3, 0.4) is 0 Å². The molecule has 7 heteroatoms. The van der Waals surface area contributed by atoms with Gasteiger partial charge in [0.15, 0.2) is 0 Å². The van der Waals surface area contributed by atoms with Crippen molar-refractivity contribution in [3.8, 4) is 0 Å². The summed E-state index contributed by atoms with van der Waals surface area (Å²) < 4.78 is 15.0. The van der Waals surface area contributed by atoms with E-state index in [1.807, 2.05) is 20.8 Å². The number of amides is 2. The van der Waals surface area contributed by atoms with Crippen LogP contribution in [0.2, 0.25) is 0 Å². The standard InChI is InChI=1S/C31H43FN4O2/c1-22(27-8-11-29(12-9-27)35-18-19-36(26(5)38)24(3)21-35)6-7-23(2)28-10-13-31(30(32)20-28)34-16-14-33(15-17-34)25(4)37/h8-13,20,22-24H,6-7,14-19,21H2,1-5H3/t22?,23?,24-/m0/s1. The molecule has 2 aliphatic rings. The van der Waals surface area contributed by atoms with E-state index in [1.165, 1.54) is 11.3 Å². The maximum absolute atomic E-state index is 15.0. The molecular weight excluding hydrogens is 479 g/mol. The molecule has 2 fully saturated rings. The van der Waals surface area contributed by atoms with E-state index in [9.17, 15) is 9.59 Å². The average Bonchev–Trinajstić information content (AvgIpc) is 2.91. The van der Waals surface area contributed by atoms with E-state index in [1.54, 1.807) is 19.9 Å². The summed E-state index contributed by atoms with van der Waals surface area (Å²) in [5, 5.41) is 0. The minimum Gasteiger partial charge on any atom is -0.368 e. The van der Waals surface area contributed by atoms with Crippen molar-refractivity contribution in [3.63, 3.8) is 0 Å². The average molecular weight is 523 g/mol. The van der Waals surface area contributed by atoms with Gasteiger partial charge in [0.1, 0.15) is 5.82 Å². The molecule has 2 aromatic rings. The summed E-state index contributed by atoms with van der Waals surface area (Å²) >= 11 is 0. The van der Waals surface area contributed by atoms with Gasteiger partial charge >= 0.3 is 0 Å². The van der Waals surface area contributed by atoms with Crippen LogP contribution in [-0.4, -0.2) is 73.5 Å². The number of benzene rings is 2. The fourth-order valence-corrected chi connectivity index (χ4v) is 5.86. The van der Waals surface area contributed by atoms with Gasteiger partial charge in [-0.25, -0.2) is 4.39 Å². The molecule has 0 saturated carbocycles. The van der Waals surface area contributed by atoms with Crippen LogP contribution in [0.5, 0.6) is 0 Å². The Morgan fingerprint density at radius 1 is 0.816 bits per heavy atom. The maximum atomic E-state index is 15.0. The van der Waals surface area contributed by atoms with Gasteiger partial charge in [0, 0.05) is 71.4 Å². The minimum atomic E-state index is -0.173. The van der Waals surface area contributed by atoms with Crippen LogP contribution in [0.1, 0.15) is 70.4 Å². The number of nitrogens with zero attached hydrogens (tertiary/aromatic N) is 4. The monoisotopic (exact) mass is 522 g/mol. The number of carbonyl (C=O) groups is 2. The van der Waals surface area contributed by atoms with Crippen LogP contribution in [0.25, 0.3) is 0 Å². The van der Waals surface area contributed by atoms with Gasteiger partial charge in [-0.3, -0.25) is 9.59 Å². The third-order valence-electron chi connectivity index (χ3n) is 8.50. The van der Waals surface area contributed by atoms with Gasteiger partial charge in [0.05, 0.1) is 5.69 Å². The topological polar surface area (TPSA) is 47.1 Å². The van der Waals surface area contributed by atoms with E-state index in [2.05, 4.69) is 56.0 Å². The molecular formula is C31H43FN4O2. The van der Waals surface area contributed by atoms with Crippen LogP contribution >= 0.6 is 0 Å². The molecule has 0 aromatic heterocycles. The summed E-state index contributed by atoms with van der Waals surface area (Å²) in [7, 11) is 0. The van der Waals surface area contributed by atoms with Gasteiger partial charge in [-0.2, -0.15) is 0 Å². The lowest BCUT2D eigenvalue weighted by molar-refractivity contribution is -0.131. The largest absolute Gasteiger partial charge is 0.368 e. The van der Waals surface area contributed by atoms with E-state index < -0.39 is 0 Å². The second kappa shape index (κ2) is 12.2. The van der Waals surface area contributed by atoms with Gasteiger partial charge in [-0.05, 0) is 67.0 Å². The molecule has 0 bridgehead atoms. The third-order valence-corrected chi connectivity index (χ3v) is 8.50. The fraction of sp³-hybridized carbons (Fsp3) is 0.548. The van der Waals surface area contributed by atoms with Crippen LogP contribution in [0.15, 0.2) is 42.5 Å². The van der Waals surface area contributed by atoms with E-state index in [4.69, 9.17) is 0 Å². The van der Waals surface area contributed by atoms with E-state index in [0.717, 1.165) is 38.0 Å². The van der Waals surface area contributed by atoms with E-state index in [0.29, 0.717) is 37.8 Å². The van der Waals surface area contributed by atoms with Crippen molar-refractivity contribution in [1.82, 2.24) is 9.80 Å². The zero-order valence-electron chi connectivity index (χ0n) is 23.6. The third kappa shape index (κ3) is 6.48. The van der Waals surface area contributed by atoms with Crippen molar-refractivity contribution in [2.45, 2.75) is 65.3 Å². The highest BCUT2D eigenvalue weighted by molar-refractivity contribution is 5.74. The van der Waals surface area contributed by atoms with Gasteiger partial charge in [-0.1, -0.05) is 32.0 Å². The molecule has 0 radical (unpaired) electrons. The number of halogens is 1. The smallest absolute Gasteiger partial charge is 0.219 e. The fourth-order valence-electron chi connectivity index (χ4n) is 5.86. The molecule has 2 heterocycles. The second-order valence-corrected chi connectivity index (χ2v) is 11.2. The van der Waals surface area contributed by atoms with Crippen molar-refractivity contribution in [1.29, 1.82) is 0 Å². The van der Waals surface area contributed by atoms with Crippen LogP contribution in [0.4, 0.5) is 15.8 Å². The van der Waals surface area contributed by atoms with E-state index in [-0.39, 0.29) is 29.6 Å². The lowest BCUT2D eigenvalue weighted by atomic mass is 9.89. The van der Waals surface area contributed by atoms with Crippen molar-refractivity contribution >= 4 is 23.2 Å². The number of anilines is 2. The molecule has 38 heavy (non-hydrogen) atoms. The Bertz CT molecular complexity index is 1110. The van der Waals surface area contributed by atoms with E-state index >= 15 is 4.39 Å². The Kier molecular flexibility index (Phi) is 8.95. The Balaban J connectivity index is 1.29. The number of hydrogen-bond donors (Lipinski definition) is 0. The highest BCUT2D eigenvalue weighted by Gasteiger charge is 2.26. The van der Waals surface area contributed by atoms with Gasteiger partial charge in [-0.15, -0.1) is 0 Å². The first-order chi connectivity index (χ1) is 18.1. The summed E-state index contributed by atoms with van der Waals surface area (Å²) in [5.74, 6) is 0.750. The SMILES string of the molecule is CC(=O)N1CCN(c2ccc(C(C)CCC(C)c3ccc(N4CCN(C(C)=O)[C@@H](C)C4)cc3)cc2F)CC1. The predicted molar refractivity (Wildman–Crippen MR) is 152 cm³/mol. The van der Waals surface area contributed by atoms with Crippen LogP contribution in [0, 0.1) is 5.82 Å². The quantitative estimate of drug-likeness (QED) is 0.499. The normalized spacial score (nSPS) is 19.9. The summed E-state index contributed by atoms with van der Waals surface area (Å²) in [5.41, 5.74) is 4.20. The highest BCUT2D eigenvalue weighted by Crippen LogP contribution is 2.31. The molecule has 2 unspecified atom stereocenters. The molecule has 2 amide bonds. The zero-order chi connectivity index (χ0) is 27.4. The lowest BCUT2D eigenvalue weighted by Gasteiger charge is -2.40. The summed E-state index contributed by atoms with van der Waals surface area (Å²) in [6.07, 6.45) is 2.02. The zero-order valence-corrected chi connectivity index (χ0v) is 23.6. The molecule has 0 aliphatic carbocycles. The minimum absolute atomic E-state index is 0.0818. The molecule has 4 rings (SSSR count). The van der Waals surface area contributed by atoms with Crippen molar-refractivity contribution in [3.05, 3.63) is 59.4 Å². The Morgan fingerprint density at radius 2 is 1.39 bits per heavy atom. The number of carbonyl (C=O) groups excluding carboxylic acids is 2. The number of hydrogen-bond acceptors (Lipinski definition) is 4. The van der Waals surface area contributed by atoms with Crippen molar-refractivity contribution < 1.29 is 14.0 Å². The van der Waals surface area contributed by atoms with Gasteiger partial charge < -0.3 is 19.6 Å². The molecule has 6 nitrogen and oxygen atoms in total. The maximum Gasteiger partial charge on any atom is 0.219 e. The molecule has 3 atom stereocenters. The first-order valence-electron chi connectivity index (χ1n) is 14.1.